The van der Waals surface area contributed by atoms with Crippen molar-refractivity contribution in [3.63, 3.8) is 0 Å². The largest absolute Gasteiger partial charge is 0.326 e. The molecule has 0 fully saturated rings. The summed E-state index contributed by atoms with van der Waals surface area (Å²) in [6, 6.07) is 18.4. The van der Waals surface area contributed by atoms with Gasteiger partial charge in [-0.1, -0.05) is 139 Å². The molecule has 0 radical (unpaired) electrons. The van der Waals surface area contributed by atoms with E-state index in [1.165, 1.54) is 94.6 Å². The second-order valence-corrected chi connectivity index (χ2v) is 9.19. The molecule has 0 spiro atoms. The van der Waals surface area contributed by atoms with Crippen LogP contribution in [-0.2, 0) is 4.79 Å². The highest BCUT2D eigenvalue weighted by atomic mass is 16.1. The van der Waals surface area contributed by atoms with Crippen molar-refractivity contribution in [1.29, 1.82) is 0 Å². The van der Waals surface area contributed by atoms with Gasteiger partial charge in [-0.3, -0.25) is 4.79 Å². The normalized spacial score (nSPS) is 10.9. The van der Waals surface area contributed by atoms with Crippen LogP contribution in [0.25, 0.3) is 11.1 Å². The molecule has 0 saturated heterocycles. The molecule has 2 nitrogen and oxygen atoms in total. The molecule has 0 atom stereocenters. The summed E-state index contributed by atoms with van der Waals surface area (Å²) >= 11 is 0. The maximum absolute atomic E-state index is 12.2. The first kappa shape index (κ1) is 26.2. The number of amides is 1. The highest BCUT2D eigenvalue weighted by Gasteiger charge is 2.03. The number of carbonyl (C=O) groups excluding carboxylic acids is 1. The molecular weight excluding hydrogens is 390 g/mol. The third kappa shape index (κ3) is 12.1. The first-order valence-corrected chi connectivity index (χ1v) is 13.2. The lowest BCUT2D eigenvalue weighted by molar-refractivity contribution is -0.116. The Morgan fingerprint density at radius 2 is 1.00 bits per heavy atom. The first-order chi connectivity index (χ1) is 15.8. The minimum Gasteiger partial charge on any atom is -0.326 e. The third-order valence-electron chi connectivity index (χ3n) is 6.28. The van der Waals surface area contributed by atoms with E-state index in [4.69, 9.17) is 0 Å². The van der Waals surface area contributed by atoms with E-state index in [1.54, 1.807) is 0 Å². The molecule has 2 heteroatoms. The summed E-state index contributed by atoms with van der Waals surface area (Å²) in [6.07, 6.45) is 20.8. The standard InChI is InChI=1S/C30H45NO/c1-2-3-4-5-6-7-8-9-10-11-12-13-14-15-19-22-30(32)31-29-25-23-28(24-26-29)27-20-17-16-18-21-27/h16-18,20-21,23-26H,2-15,19,22H2,1H3,(H,31,32). The van der Waals surface area contributed by atoms with E-state index in [-0.39, 0.29) is 5.91 Å². The average molecular weight is 436 g/mol. The zero-order valence-electron chi connectivity index (χ0n) is 20.4. The smallest absolute Gasteiger partial charge is 0.224 e. The van der Waals surface area contributed by atoms with Crippen molar-refractivity contribution in [3.8, 4) is 11.1 Å². The van der Waals surface area contributed by atoms with Gasteiger partial charge in [-0.2, -0.15) is 0 Å². The summed E-state index contributed by atoms with van der Waals surface area (Å²) in [5.41, 5.74) is 3.25. The fourth-order valence-corrected chi connectivity index (χ4v) is 4.26. The molecule has 0 aliphatic rings. The van der Waals surface area contributed by atoms with Crippen molar-refractivity contribution in [2.45, 2.75) is 110 Å². The molecule has 0 bridgehead atoms. The van der Waals surface area contributed by atoms with E-state index in [1.807, 2.05) is 30.3 Å². The number of anilines is 1. The molecule has 0 saturated carbocycles. The molecule has 176 valence electrons. The second kappa shape index (κ2) is 17.5. The predicted octanol–water partition coefficient (Wildman–Crippen LogP) is 9.55. The summed E-state index contributed by atoms with van der Waals surface area (Å²) in [5.74, 6) is 0.132. The number of carbonyl (C=O) groups is 1. The monoisotopic (exact) mass is 435 g/mol. The fourth-order valence-electron chi connectivity index (χ4n) is 4.26. The van der Waals surface area contributed by atoms with Crippen LogP contribution in [0.4, 0.5) is 5.69 Å². The number of nitrogens with one attached hydrogen (secondary N) is 1. The van der Waals surface area contributed by atoms with Crippen LogP contribution in [0.3, 0.4) is 0 Å². The minimum absolute atomic E-state index is 0.132. The van der Waals surface area contributed by atoms with Gasteiger partial charge in [0.25, 0.3) is 0 Å². The van der Waals surface area contributed by atoms with Crippen molar-refractivity contribution < 1.29 is 4.79 Å². The Hall–Kier alpha value is -2.09. The van der Waals surface area contributed by atoms with Crippen LogP contribution < -0.4 is 5.32 Å². The Morgan fingerprint density at radius 3 is 1.50 bits per heavy atom. The zero-order chi connectivity index (χ0) is 22.7. The van der Waals surface area contributed by atoms with Crippen LogP contribution >= 0.6 is 0 Å². The average Bonchev–Trinajstić information content (AvgIpc) is 2.82. The molecule has 32 heavy (non-hydrogen) atoms. The fraction of sp³-hybridized carbons (Fsp3) is 0.567. The van der Waals surface area contributed by atoms with Gasteiger partial charge in [-0.25, -0.2) is 0 Å². The second-order valence-electron chi connectivity index (χ2n) is 9.19. The van der Waals surface area contributed by atoms with Crippen molar-refractivity contribution in [3.05, 3.63) is 54.6 Å². The summed E-state index contributed by atoms with van der Waals surface area (Å²) < 4.78 is 0. The molecule has 2 aromatic carbocycles. The Balaban J connectivity index is 1.41. The zero-order valence-corrected chi connectivity index (χ0v) is 20.4. The van der Waals surface area contributed by atoms with E-state index < -0.39 is 0 Å². The Morgan fingerprint density at radius 1 is 0.562 bits per heavy atom. The summed E-state index contributed by atoms with van der Waals surface area (Å²) in [4.78, 5) is 12.2. The highest BCUT2D eigenvalue weighted by molar-refractivity contribution is 5.90. The third-order valence-corrected chi connectivity index (χ3v) is 6.28. The van der Waals surface area contributed by atoms with Crippen LogP contribution in [0.1, 0.15) is 110 Å². The number of unbranched alkanes of at least 4 members (excludes halogenated alkanes) is 14. The topological polar surface area (TPSA) is 29.1 Å². The summed E-state index contributed by atoms with van der Waals surface area (Å²) in [7, 11) is 0. The number of benzene rings is 2. The molecule has 0 aliphatic carbocycles. The molecule has 0 unspecified atom stereocenters. The highest BCUT2D eigenvalue weighted by Crippen LogP contribution is 2.21. The van der Waals surface area contributed by atoms with Crippen LogP contribution in [0.15, 0.2) is 54.6 Å². The molecule has 0 aromatic heterocycles. The summed E-state index contributed by atoms with van der Waals surface area (Å²) in [5, 5.41) is 3.03. The minimum atomic E-state index is 0.132. The molecule has 1 amide bonds. The van der Waals surface area contributed by atoms with Crippen LogP contribution in [0.2, 0.25) is 0 Å². The van der Waals surface area contributed by atoms with Gasteiger partial charge in [-0.15, -0.1) is 0 Å². The van der Waals surface area contributed by atoms with Crippen molar-refractivity contribution >= 4 is 11.6 Å². The van der Waals surface area contributed by atoms with Gasteiger partial charge < -0.3 is 5.32 Å². The summed E-state index contributed by atoms with van der Waals surface area (Å²) in [6.45, 7) is 2.28. The Labute approximate surface area is 197 Å². The van der Waals surface area contributed by atoms with Crippen LogP contribution in [-0.4, -0.2) is 5.91 Å². The molecule has 0 heterocycles. The van der Waals surface area contributed by atoms with Gasteiger partial charge in [0.2, 0.25) is 5.91 Å². The number of hydrogen-bond acceptors (Lipinski definition) is 1. The van der Waals surface area contributed by atoms with Crippen LogP contribution in [0.5, 0.6) is 0 Å². The molecule has 0 aliphatic heterocycles. The molecule has 1 N–H and O–H groups in total. The van der Waals surface area contributed by atoms with Gasteiger partial charge in [-0.05, 0) is 29.7 Å². The quantitative estimate of drug-likeness (QED) is 0.232. The van der Waals surface area contributed by atoms with Crippen LogP contribution in [0, 0.1) is 0 Å². The van der Waals surface area contributed by atoms with Gasteiger partial charge in [0.15, 0.2) is 0 Å². The first-order valence-electron chi connectivity index (χ1n) is 13.2. The van der Waals surface area contributed by atoms with E-state index in [2.05, 4.69) is 36.5 Å². The van der Waals surface area contributed by atoms with E-state index in [9.17, 15) is 4.79 Å². The van der Waals surface area contributed by atoms with E-state index >= 15 is 0 Å². The lowest BCUT2D eigenvalue weighted by atomic mass is 10.0. The maximum atomic E-state index is 12.2. The van der Waals surface area contributed by atoms with Gasteiger partial charge in [0, 0.05) is 12.1 Å². The Kier molecular flexibility index (Phi) is 14.3. The molecule has 2 aromatic rings. The molecule has 2 rings (SSSR count). The predicted molar refractivity (Wildman–Crippen MR) is 140 cm³/mol. The lowest BCUT2D eigenvalue weighted by Crippen LogP contribution is -2.10. The van der Waals surface area contributed by atoms with Gasteiger partial charge in [0.1, 0.15) is 0 Å². The van der Waals surface area contributed by atoms with Crippen molar-refractivity contribution in [2.24, 2.45) is 0 Å². The number of rotatable bonds is 18. The molecular formula is C30H45NO. The Bertz CT molecular complexity index is 707. The maximum Gasteiger partial charge on any atom is 0.224 e. The lowest BCUT2D eigenvalue weighted by Gasteiger charge is -2.07. The van der Waals surface area contributed by atoms with Gasteiger partial charge >= 0.3 is 0 Å². The van der Waals surface area contributed by atoms with E-state index in [0.717, 1.165) is 18.5 Å². The van der Waals surface area contributed by atoms with E-state index in [0.29, 0.717) is 6.42 Å². The van der Waals surface area contributed by atoms with Crippen molar-refractivity contribution in [1.82, 2.24) is 0 Å². The van der Waals surface area contributed by atoms with Gasteiger partial charge in [0.05, 0.1) is 0 Å². The van der Waals surface area contributed by atoms with Crippen molar-refractivity contribution in [2.75, 3.05) is 5.32 Å². The SMILES string of the molecule is CCCCCCCCCCCCCCCCCC(=O)Nc1ccc(-c2ccccc2)cc1. The number of hydrogen-bond donors (Lipinski definition) is 1.